The molecule has 2 aromatic heterocycles. The van der Waals surface area contributed by atoms with Crippen molar-refractivity contribution in [1.29, 1.82) is 0 Å². The van der Waals surface area contributed by atoms with Crippen LogP contribution < -0.4 is 16.4 Å². The van der Waals surface area contributed by atoms with E-state index < -0.39 is 18.9 Å². The number of carbonyl (C=O) groups excluding carboxylic acids is 1. The topological polar surface area (TPSA) is 109 Å². The van der Waals surface area contributed by atoms with E-state index in [4.69, 9.17) is 5.73 Å². The zero-order chi connectivity index (χ0) is 17.1. The average molecular weight is 332 g/mol. The summed E-state index contributed by atoms with van der Waals surface area (Å²) in [5.74, 6) is 0.00966. The van der Waals surface area contributed by atoms with E-state index in [2.05, 4.69) is 25.6 Å². The molecule has 0 atom stereocenters. The fourth-order valence-electron chi connectivity index (χ4n) is 2.15. The molecule has 3 rings (SSSR count). The van der Waals surface area contributed by atoms with Gasteiger partial charge in [-0.1, -0.05) is 0 Å². The Morgan fingerprint density at radius 2 is 1.96 bits per heavy atom. The number of hydrogen-bond donors (Lipinski definition) is 4. The fraction of sp³-hybridized carbons (Fsp3) is 0.133. The first-order valence-corrected chi connectivity index (χ1v) is 7.07. The summed E-state index contributed by atoms with van der Waals surface area (Å²) in [5, 5.41) is 6.18. The molecule has 0 aliphatic rings. The van der Waals surface area contributed by atoms with Gasteiger partial charge in [0.15, 0.2) is 0 Å². The van der Waals surface area contributed by atoms with Gasteiger partial charge in [-0.15, -0.1) is 0 Å². The van der Waals surface area contributed by atoms with Gasteiger partial charge in [-0.3, -0.25) is 4.79 Å². The average Bonchev–Trinajstić information content (AvgIpc) is 3.01. The van der Waals surface area contributed by atoms with E-state index in [0.717, 1.165) is 0 Å². The van der Waals surface area contributed by atoms with Crippen LogP contribution in [0.4, 0.5) is 26.2 Å². The summed E-state index contributed by atoms with van der Waals surface area (Å²) in [4.78, 5) is 22.5. The number of nitrogens with one attached hydrogen (secondary N) is 3. The van der Waals surface area contributed by atoms with E-state index in [1.165, 1.54) is 0 Å². The SMILES string of the molecule is NC(=O)c1ccc(Nc2nc(NCC(F)F)c3cc[nH]c3n2)cc1. The highest BCUT2D eigenvalue weighted by Crippen LogP contribution is 2.23. The summed E-state index contributed by atoms with van der Waals surface area (Å²) < 4.78 is 24.9. The molecule has 2 heterocycles. The fourth-order valence-corrected chi connectivity index (χ4v) is 2.15. The third-order valence-electron chi connectivity index (χ3n) is 3.27. The number of alkyl halides is 2. The van der Waals surface area contributed by atoms with Gasteiger partial charge in [-0.2, -0.15) is 9.97 Å². The van der Waals surface area contributed by atoms with Crippen LogP contribution in [0.1, 0.15) is 10.4 Å². The minimum atomic E-state index is -2.49. The smallest absolute Gasteiger partial charge is 0.255 e. The number of halogens is 2. The molecule has 9 heteroatoms. The number of H-pyrrole nitrogens is 1. The molecule has 1 aromatic carbocycles. The van der Waals surface area contributed by atoms with Crippen LogP contribution in [0.2, 0.25) is 0 Å². The Hall–Kier alpha value is -3.23. The van der Waals surface area contributed by atoms with Crippen LogP contribution in [0, 0.1) is 0 Å². The number of aromatic amines is 1. The number of primary amides is 1. The Morgan fingerprint density at radius 3 is 2.62 bits per heavy atom. The van der Waals surface area contributed by atoms with Crippen molar-refractivity contribution in [2.24, 2.45) is 5.73 Å². The normalized spacial score (nSPS) is 11.0. The summed E-state index contributed by atoms with van der Waals surface area (Å²) in [6, 6.07) is 8.12. The number of nitrogens with two attached hydrogens (primary N) is 1. The number of anilines is 3. The van der Waals surface area contributed by atoms with Crippen LogP contribution in [-0.2, 0) is 0 Å². The van der Waals surface area contributed by atoms with Gasteiger partial charge in [-0.25, -0.2) is 8.78 Å². The molecule has 0 fully saturated rings. The lowest BCUT2D eigenvalue weighted by Crippen LogP contribution is -2.12. The molecule has 0 unspecified atom stereocenters. The summed E-state index contributed by atoms with van der Waals surface area (Å²) >= 11 is 0. The highest BCUT2D eigenvalue weighted by atomic mass is 19.3. The first-order chi connectivity index (χ1) is 11.5. The predicted molar refractivity (Wildman–Crippen MR) is 86.6 cm³/mol. The van der Waals surface area contributed by atoms with Crippen molar-refractivity contribution >= 4 is 34.4 Å². The summed E-state index contributed by atoms with van der Waals surface area (Å²) in [5.41, 5.74) is 6.70. The van der Waals surface area contributed by atoms with Gasteiger partial charge in [0.25, 0.3) is 6.43 Å². The van der Waals surface area contributed by atoms with Gasteiger partial charge in [0.05, 0.1) is 11.9 Å². The number of nitrogens with zero attached hydrogens (tertiary/aromatic N) is 2. The minimum Gasteiger partial charge on any atom is -0.366 e. The molecule has 0 radical (unpaired) electrons. The molecule has 0 saturated heterocycles. The molecular weight excluding hydrogens is 318 g/mol. The van der Waals surface area contributed by atoms with Crippen LogP contribution >= 0.6 is 0 Å². The lowest BCUT2D eigenvalue weighted by atomic mass is 10.2. The van der Waals surface area contributed by atoms with Crippen molar-refractivity contribution in [3.8, 4) is 0 Å². The molecule has 0 saturated carbocycles. The second-order valence-electron chi connectivity index (χ2n) is 4.97. The number of fused-ring (bicyclic) bond motifs is 1. The van der Waals surface area contributed by atoms with Crippen molar-refractivity contribution in [1.82, 2.24) is 15.0 Å². The van der Waals surface area contributed by atoms with Crippen LogP contribution in [0.15, 0.2) is 36.5 Å². The summed E-state index contributed by atoms with van der Waals surface area (Å²) in [6.45, 7) is -0.510. The molecule has 5 N–H and O–H groups in total. The molecule has 7 nitrogen and oxygen atoms in total. The van der Waals surface area contributed by atoms with E-state index in [0.29, 0.717) is 28.1 Å². The van der Waals surface area contributed by atoms with Gasteiger partial charge in [0, 0.05) is 17.4 Å². The Bertz CT molecular complexity index is 862. The molecule has 3 aromatic rings. The Kier molecular flexibility index (Phi) is 4.23. The molecule has 1 amide bonds. The largest absolute Gasteiger partial charge is 0.366 e. The second-order valence-corrected chi connectivity index (χ2v) is 4.97. The zero-order valence-corrected chi connectivity index (χ0v) is 12.4. The Morgan fingerprint density at radius 1 is 1.21 bits per heavy atom. The predicted octanol–water partition coefficient (Wildman–Crippen LogP) is 2.48. The molecular formula is C15H14F2N6O. The third-order valence-corrected chi connectivity index (χ3v) is 3.27. The lowest BCUT2D eigenvalue weighted by Gasteiger charge is -2.10. The van der Waals surface area contributed by atoms with E-state index in [1.54, 1.807) is 36.5 Å². The molecule has 0 aliphatic heterocycles. The van der Waals surface area contributed by atoms with Gasteiger partial charge in [0.1, 0.15) is 11.5 Å². The van der Waals surface area contributed by atoms with E-state index >= 15 is 0 Å². The maximum absolute atomic E-state index is 12.4. The standard InChI is InChI=1S/C15H14F2N6O/c16-11(17)7-20-14-10-5-6-19-13(10)22-15(23-14)21-9-3-1-8(2-4-9)12(18)24/h1-6,11H,7H2,(H2,18,24)(H3,19,20,21,22,23). The Balaban J connectivity index is 1.87. The monoisotopic (exact) mass is 332 g/mol. The van der Waals surface area contributed by atoms with Crippen LogP contribution in [0.25, 0.3) is 11.0 Å². The highest BCUT2D eigenvalue weighted by molar-refractivity contribution is 5.93. The van der Waals surface area contributed by atoms with Gasteiger partial charge < -0.3 is 21.4 Å². The number of amides is 1. The maximum Gasteiger partial charge on any atom is 0.255 e. The van der Waals surface area contributed by atoms with Gasteiger partial charge in [0.2, 0.25) is 11.9 Å². The highest BCUT2D eigenvalue weighted by Gasteiger charge is 2.11. The molecule has 0 spiro atoms. The molecule has 24 heavy (non-hydrogen) atoms. The van der Waals surface area contributed by atoms with Crippen LogP contribution in [0.3, 0.4) is 0 Å². The minimum absolute atomic E-state index is 0.230. The van der Waals surface area contributed by atoms with Crippen LogP contribution in [-0.4, -0.2) is 33.8 Å². The van der Waals surface area contributed by atoms with Crippen LogP contribution in [0.5, 0.6) is 0 Å². The second kappa shape index (κ2) is 6.49. The quantitative estimate of drug-likeness (QED) is 0.554. The first-order valence-electron chi connectivity index (χ1n) is 7.07. The summed E-state index contributed by atoms with van der Waals surface area (Å²) in [7, 11) is 0. The lowest BCUT2D eigenvalue weighted by molar-refractivity contribution is 0.1000. The van der Waals surface area contributed by atoms with Crippen molar-refractivity contribution in [2.75, 3.05) is 17.2 Å². The zero-order valence-electron chi connectivity index (χ0n) is 12.4. The van der Waals surface area contributed by atoms with Crippen molar-refractivity contribution in [3.05, 3.63) is 42.1 Å². The molecule has 0 bridgehead atoms. The van der Waals surface area contributed by atoms with Crippen molar-refractivity contribution in [2.45, 2.75) is 6.43 Å². The van der Waals surface area contributed by atoms with Gasteiger partial charge >= 0.3 is 0 Å². The Labute approximate surface area is 135 Å². The van der Waals surface area contributed by atoms with E-state index in [1.807, 2.05) is 0 Å². The number of rotatable bonds is 6. The number of hydrogen-bond acceptors (Lipinski definition) is 5. The van der Waals surface area contributed by atoms with Crippen molar-refractivity contribution in [3.63, 3.8) is 0 Å². The molecule has 124 valence electrons. The van der Waals surface area contributed by atoms with E-state index in [-0.39, 0.29) is 5.95 Å². The number of carbonyl (C=O) groups is 1. The first kappa shape index (κ1) is 15.7. The third kappa shape index (κ3) is 3.40. The number of benzene rings is 1. The van der Waals surface area contributed by atoms with Gasteiger partial charge in [-0.05, 0) is 30.3 Å². The number of aromatic nitrogens is 3. The summed E-state index contributed by atoms with van der Waals surface area (Å²) in [6.07, 6.45) is -0.843. The van der Waals surface area contributed by atoms with Crippen molar-refractivity contribution < 1.29 is 13.6 Å². The van der Waals surface area contributed by atoms with E-state index in [9.17, 15) is 13.6 Å². The molecule has 0 aliphatic carbocycles. The maximum atomic E-state index is 12.4.